The zero-order chi connectivity index (χ0) is 12.4. The van der Waals surface area contributed by atoms with Gasteiger partial charge < -0.3 is 5.32 Å². The lowest BCUT2D eigenvalue weighted by Crippen LogP contribution is -2.25. The van der Waals surface area contributed by atoms with Crippen molar-refractivity contribution in [2.45, 2.75) is 45.6 Å². The number of halogens is 1. The molecule has 1 N–H and O–H groups in total. The van der Waals surface area contributed by atoms with Gasteiger partial charge in [-0.3, -0.25) is 4.68 Å². The molecular formula is C13H22ClN3. The molecule has 1 unspecified atom stereocenters. The van der Waals surface area contributed by atoms with E-state index in [1.165, 1.54) is 24.8 Å². The fourth-order valence-corrected chi connectivity index (χ4v) is 2.43. The molecule has 0 aliphatic heterocycles. The standard InChI is InChI=1S/C13H22ClN3/c1-4-10(8-15-11-5-6-11)7-12-9(2)16-17(3)13(12)14/h10-11,15H,4-8H2,1-3H3. The van der Waals surface area contributed by atoms with Gasteiger partial charge in [0.1, 0.15) is 5.15 Å². The van der Waals surface area contributed by atoms with Crippen molar-refractivity contribution in [3.05, 3.63) is 16.4 Å². The second kappa shape index (κ2) is 5.40. The van der Waals surface area contributed by atoms with Gasteiger partial charge >= 0.3 is 0 Å². The van der Waals surface area contributed by atoms with Crippen molar-refractivity contribution in [2.24, 2.45) is 13.0 Å². The van der Waals surface area contributed by atoms with Crippen LogP contribution >= 0.6 is 11.6 Å². The quantitative estimate of drug-likeness (QED) is 0.847. The Kier molecular flexibility index (Phi) is 4.10. The van der Waals surface area contributed by atoms with Gasteiger partial charge in [0.25, 0.3) is 0 Å². The predicted octanol–water partition coefficient (Wildman–Crippen LogP) is 2.70. The van der Waals surface area contributed by atoms with E-state index in [9.17, 15) is 0 Å². The van der Waals surface area contributed by atoms with Gasteiger partial charge in [-0.25, -0.2) is 0 Å². The van der Waals surface area contributed by atoms with Crippen LogP contribution in [0.25, 0.3) is 0 Å². The first-order valence-electron chi connectivity index (χ1n) is 6.53. The molecule has 0 bridgehead atoms. The number of hydrogen-bond acceptors (Lipinski definition) is 2. The molecule has 1 aromatic heterocycles. The largest absolute Gasteiger partial charge is 0.314 e. The van der Waals surface area contributed by atoms with Crippen LogP contribution in [0.4, 0.5) is 0 Å². The smallest absolute Gasteiger partial charge is 0.130 e. The number of nitrogens with one attached hydrogen (secondary N) is 1. The third kappa shape index (κ3) is 3.23. The summed E-state index contributed by atoms with van der Waals surface area (Å²) in [5, 5.41) is 8.77. The van der Waals surface area contributed by atoms with Crippen LogP contribution in [0.3, 0.4) is 0 Å². The fourth-order valence-electron chi connectivity index (χ4n) is 2.18. The van der Waals surface area contributed by atoms with E-state index in [0.29, 0.717) is 5.92 Å². The van der Waals surface area contributed by atoms with E-state index in [1.54, 1.807) is 4.68 Å². The third-order valence-corrected chi connectivity index (χ3v) is 4.09. The Bertz CT molecular complexity index is 382. The van der Waals surface area contributed by atoms with Crippen LogP contribution in [0, 0.1) is 12.8 Å². The van der Waals surface area contributed by atoms with Crippen molar-refractivity contribution in [3.8, 4) is 0 Å². The Morgan fingerprint density at radius 2 is 2.24 bits per heavy atom. The molecular weight excluding hydrogens is 234 g/mol. The maximum Gasteiger partial charge on any atom is 0.130 e. The molecule has 0 saturated heterocycles. The van der Waals surface area contributed by atoms with Crippen LogP contribution in [0.2, 0.25) is 5.15 Å². The molecule has 1 fully saturated rings. The number of hydrogen-bond donors (Lipinski definition) is 1. The van der Waals surface area contributed by atoms with Crippen LogP contribution in [-0.2, 0) is 13.5 Å². The lowest BCUT2D eigenvalue weighted by atomic mass is 9.97. The second-order valence-electron chi connectivity index (χ2n) is 5.14. The van der Waals surface area contributed by atoms with Gasteiger partial charge in [-0.15, -0.1) is 0 Å². The highest BCUT2D eigenvalue weighted by Crippen LogP contribution is 2.24. The molecule has 0 aromatic carbocycles. The van der Waals surface area contributed by atoms with Gasteiger partial charge in [0.2, 0.25) is 0 Å². The SMILES string of the molecule is CCC(CNC1CC1)Cc1c(C)nn(C)c1Cl. The molecule has 0 amide bonds. The minimum atomic E-state index is 0.663. The molecule has 3 nitrogen and oxygen atoms in total. The Labute approximate surface area is 109 Å². The summed E-state index contributed by atoms with van der Waals surface area (Å²) in [5.74, 6) is 0.663. The summed E-state index contributed by atoms with van der Waals surface area (Å²) < 4.78 is 1.77. The molecule has 96 valence electrons. The Morgan fingerprint density at radius 3 is 2.71 bits per heavy atom. The first kappa shape index (κ1) is 12.9. The maximum atomic E-state index is 6.27. The topological polar surface area (TPSA) is 29.9 Å². The van der Waals surface area contributed by atoms with Gasteiger partial charge in [0.15, 0.2) is 0 Å². The average molecular weight is 256 g/mol. The monoisotopic (exact) mass is 255 g/mol. The minimum Gasteiger partial charge on any atom is -0.314 e. The lowest BCUT2D eigenvalue weighted by molar-refractivity contribution is 0.458. The van der Waals surface area contributed by atoms with Crippen molar-refractivity contribution in [3.63, 3.8) is 0 Å². The minimum absolute atomic E-state index is 0.663. The molecule has 1 saturated carbocycles. The summed E-state index contributed by atoms with van der Waals surface area (Å²) in [6.45, 7) is 5.40. The molecule has 1 atom stereocenters. The summed E-state index contributed by atoms with van der Waals surface area (Å²) >= 11 is 6.27. The molecule has 0 radical (unpaired) electrons. The normalized spacial score (nSPS) is 17.4. The Morgan fingerprint density at radius 1 is 1.53 bits per heavy atom. The zero-order valence-corrected chi connectivity index (χ0v) is 11.7. The molecule has 4 heteroatoms. The molecule has 0 spiro atoms. The van der Waals surface area contributed by atoms with E-state index in [4.69, 9.17) is 11.6 Å². The van der Waals surface area contributed by atoms with Crippen molar-refractivity contribution in [1.82, 2.24) is 15.1 Å². The first-order chi connectivity index (χ1) is 8.11. The third-order valence-electron chi connectivity index (χ3n) is 3.61. The van der Waals surface area contributed by atoms with Crippen molar-refractivity contribution in [1.29, 1.82) is 0 Å². The predicted molar refractivity (Wildman–Crippen MR) is 71.5 cm³/mol. The highest BCUT2D eigenvalue weighted by molar-refractivity contribution is 6.30. The summed E-state index contributed by atoms with van der Waals surface area (Å²) in [6, 6.07) is 0.787. The van der Waals surface area contributed by atoms with Crippen LogP contribution in [-0.4, -0.2) is 22.4 Å². The van der Waals surface area contributed by atoms with Gasteiger partial charge in [-0.1, -0.05) is 24.9 Å². The average Bonchev–Trinajstić information content (AvgIpc) is 3.08. The van der Waals surface area contributed by atoms with Crippen molar-refractivity contribution in [2.75, 3.05) is 6.54 Å². The molecule has 1 heterocycles. The van der Waals surface area contributed by atoms with E-state index in [0.717, 1.165) is 29.9 Å². The first-order valence-corrected chi connectivity index (χ1v) is 6.91. The molecule has 2 rings (SSSR count). The summed E-state index contributed by atoms with van der Waals surface area (Å²) in [4.78, 5) is 0. The molecule has 1 aromatic rings. The maximum absolute atomic E-state index is 6.27. The molecule has 17 heavy (non-hydrogen) atoms. The van der Waals surface area contributed by atoms with E-state index in [2.05, 4.69) is 17.3 Å². The summed E-state index contributed by atoms with van der Waals surface area (Å²) in [6.07, 6.45) is 4.92. The van der Waals surface area contributed by atoms with E-state index in [-0.39, 0.29) is 0 Å². The highest BCUT2D eigenvalue weighted by Gasteiger charge is 2.22. The van der Waals surface area contributed by atoms with Gasteiger partial charge in [-0.2, -0.15) is 5.10 Å². The molecule has 1 aliphatic rings. The van der Waals surface area contributed by atoms with Gasteiger partial charge in [0.05, 0.1) is 5.69 Å². The number of nitrogens with zero attached hydrogens (tertiary/aromatic N) is 2. The Hall–Kier alpha value is -0.540. The van der Waals surface area contributed by atoms with E-state index < -0.39 is 0 Å². The van der Waals surface area contributed by atoms with Crippen molar-refractivity contribution < 1.29 is 0 Å². The van der Waals surface area contributed by atoms with Crippen LogP contribution in [0.1, 0.15) is 37.4 Å². The van der Waals surface area contributed by atoms with E-state index >= 15 is 0 Å². The summed E-state index contributed by atoms with van der Waals surface area (Å²) in [7, 11) is 1.90. The van der Waals surface area contributed by atoms with Crippen LogP contribution < -0.4 is 5.32 Å². The lowest BCUT2D eigenvalue weighted by Gasteiger charge is -2.15. The van der Waals surface area contributed by atoms with Crippen molar-refractivity contribution >= 4 is 11.6 Å². The number of rotatable bonds is 6. The second-order valence-corrected chi connectivity index (χ2v) is 5.50. The van der Waals surface area contributed by atoms with Gasteiger partial charge in [-0.05, 0) is 38.6 Å². The molecule has 1 aliphatic carbocycles. The highest BCUT2D eigenvalue weighted by atomic mass is 35.5. The van der Waals surface area contributed by atoms with Crippen LogP contribution in [0.15, 0.2) is 0 Å². The van der Waals surface area contributed by atoms with Gasteiger partial charge in [0, 0.05) is 18.7 Å². The number of aryl methyl sites for hydroxylation is 2. The fraction of sp³-hybridized carbons (Fsp3) is 0.769. The zero-order valence-electron chi connectivity index (χ0n) is 11.0. The van der Waals surface area contributed by atoms with E-state index in [1.807, 2.05) is 14.0 Å². The van der Waals surface area contributed by atoms with Crippen LogP contribution in [0.5, 0.6) is 0 Å². The summed E-state index contributed by atoms with van der Waals surface area (Å²) in [5.41, 5.74) is 2.29. The number of aromatic nitrogens is 2. The Balaban J connectivity index is 1.95.